The molecule has 0 bridgehead atoms. The van der Waals surface area contributed by atoms with Gasteiger partial charge >= 0.3 is 0 Å². The highest BCUT2D eigenvalue weighted by atomic mass is 19.1. The van der Waals surface area contributed by atoms with Crippen molar-refractivity contribution in [3.63, 3.8) is 0 Å². The summed E-state index contributed by atoms with van der Waals surface area (Å²) >= 11 is 0. The minimum absolute atomic E-state index is 0.196. The van der Waals surface area contributed by atoms with Crippen LogP contribution in [0, 0.1) is 18.7 Å². The summed E-state index contributed by atoms with van der Waals surface area (Å²) < 4.78 is 13.3. The van der Waals surface area contributed by atoms with Crippen molar-refractivity contribution in [2.45, 2.75) is 27.2 Å². The normalized spacial score (nSPS) is 14.6. The van der Waals surface area contributed by atoms with E-state index in [2.05, 4.69) is 13.8 Å². The number of Topliss-reactive ketones (excluding diaryl/α,β-unsaturated/α-hetero) is 1. The number of nitrogens with zero attached hydrogens (tertiary/aromatic N) is 1. The van der Waals surface area contributed by atoms with Gasteiger partial charge in [0.15, 0.2) is 0 Å². The van der Waals surface area contributed by atoms with Crippen molar-refractivity contribution >= 4 is 17.4 Å². The first-order valence-electron chi connectivity index (χ1n) is 6.08. The molecule has 1 aliphatic rings. The monoisotopic (exact) mass is 249 g/mol. The first-order valence-corrected chi connectivity index (χ1v) is 6.08. The van der Waals surface area contributed by atoms with E-state index in [1.165, 1.54) is 11.0 Å². The van der Waals surface area contributed by atoms with Crippen LogP contribution in [0.5, 0.6) is 0 Å². The van der Waals surface area contributed by atoms with Gasteiger partial charge < -0.3 is 4.90 Å². The fourth-order valence-corrected chi connectivity index (χ4v) is 2.21. The number of ketones is 1. The van der Waals surface area contributed by atoms with Crippen molar-refractivity contribution in [2.75, 3.05) is 11.4 Å². The molecular formula is C14H16FNO2. The Hall–Kier alpha value is -1.71. The SMILES string of the molecule is Cc1cc(F)cc2c1N(CCC(C)C)C(=O)C2=O. The van der Waals surface area contributed by atoms with E-state index in [1.807, 2.05) is 0 Å². The molecule has 4 heteroatoms. The summed E-state index contributed by atoms with van der Waals surface area (Å²) in [5, 5.41) is 0. The Labute approximate surface area is 106 Å². The largest absolute Gasteiger partial charge is 0.304 e. The maximum Gasteiger partial charge on any atom is 0.299 e. The van der Waals surface area contributed by atoms with Crippen LogP contribution < -0.4 is 4.90 Å². The topological polar surface area (TPSA) is 37.4 Å². The molecule has 0 aliphatic carbocycles. The van der Waals surface area contributed by atoms with Crippen molar-refractivity contribution in [1.29, 1.82) is 0 Å². The minimum Gasteiger partial charge on any atom is -0.304 e. The summed E-state index contributed by atoms with van der Waals surface area (Å²) in [7, 11) is 0. The molecule has 1 aliphatic heterocycles. The summed E-state index contributed by atoms with van der Waals surface area (Å²) in [5.41, 5.74) is 1.40. The van der Waals surface area contributed by atoms with Gasteiger partial charge in [-0.25, -0.2) is 4.39 Å². The van der Waals surface area contributed by atoms with Crippen molar-refractivity contribution in [3.05, 3.63) is 29.1 Å². The molecule has 3 nitrogen and oxygen atoms in total. The van der Waals surface area contributed by atoms with Crippen LogP contribution in [0.2, 0.25) is 0 Å². The molecule has 0 atom stereocenters. The molecule has 0 N–H and O–H groups in total. The molecule has 1 amide bonds. The third-order valence-electron chi connectivity index (χ3n) is 3.15. The molecule has 96 valence electrons. The summed E-state index contributed by atoms with van der Waals surface area (Å²) in [4.78, 5) is 25.2. The summed E-state index contributed by atoms with van der Waals surface area (Å²) in [6.07, 6.45) is 0.815. The van der Waals surface area contributed by atoms with Crippen LogP contribution in [0.1, 0.15) is 36.2 Å². The molecule has 0 spiro atoms. The Balaban J connectivity index is 2.42. The number of hydrogen-bond acceptors (Lipinski definition) is 2. The van der Waals surface area contributed by atoms with Gasteiger partial charge in [-0.3, -0.25) is 9.59 Å². The van der Waals surface area contributed by atoms with E-state index in [4.69, 9.17) is 0 Å². The smallest absolute Gasteiger partial charge is 0.299 e. The van der Waals surface area contributed by atoms with Gasteiger partial charge in [0.1, 0.15) is 5.82 Å². The molecule has 0 saturated carbocycles. The quantitative estimate of drug-likeness (QED) is 0.772. The van der Waals surface area contributed by atoms with Gasteiger partial charge in [-0.15, -0.1) is 0 Å². The van der Waals surface area contributed by atoms with Gasteiger partial charge in [-0.2, -0.15) is 0 Å². The van der Waals surface area contributed by atoms with E-state index in [1.54, 1.807) is 6.92 Å². The van der Waals surface area contributed by atoms with Crippen molar-refractivity contribution in [1.82, 2.24) is 0 Å². The van der Waals surface area contributed by atoms with Gasteiger partial charge in [0.25, 0.3) is 11.7 Å². The second-order valence-electron chi connectivity index (χ2n) is 5.09. The second kappa shape index (κ2) is 4.52. The standard InChI is InChI=1S/C14H16FNO2/c1-8(2)4-5-16-12-9(3)6-10(15)7-11(12)13(17)14(16)18/h6-8H,4-5H2,1-3H3. The Kier molecular flexibility index (Phi) is 3.20. The number of fused-ring (bicyclic) bond motifs is 1. The fraction of sp³-hybridized carbons (Fsp3) is 0.429. The van der Waals surface area contributed by atoms with Gasteiger partial charge in [0.2, 0.25) is 0 Å². The molecular weight excluding hydrogens is 233 g/mol. The minimum atomic E-state index is -0.601. The van der Waals surface area contributed by atoms with Crippen LogP contribution in [0.25, 0.3) is 0 Å². The summed E-state index contributed by atoms with van der Waals surface area (Å²) in [6, 6.07) is 2.50. The zero-order chi connectivity index (χ0) is 13.4. The molecule has 0 fully saturated rings. The molecule has 0 radical (unpaired) electrons. The Morgan fingerprint density at radius 2 is 1.94 bits per heavy atom. The van der Waals surface area contributed by atoms with Crippen molar-refractivity contribution in [2.24, 2.45) is 5.92 Å². The van der Waals surface area contributed by atoms with Crippen LogP contribution in [0.15, 0.2) is 12.1 Å². The van der Waals surface area contributed by atoms with E-state index < -0.39 is 17.5 Å². The van der Waals surface area contributed by atoms with Gasteiger partial charge in [-0.1, -0.05) is 13.8 Å². The molecule has 18 heavy (non-hydrogen) atoms. The Morgan fingerprint density at radius 1 is 1.28 bits per heavy atom. The van der Waals surface area contributed by atoms with E-state index in [-0.39, 0.29) is 5.56 Å². The highest BCUT2D eigenvalue weighted by Crippen LogP contribution is 2.33. The average Bonchev–Trinajstić information content (AvgIpc) is 2.51. The van der Waals surface area contributed by atoms with E-state index in [9.17, 15) is 14.0 Å². The number of benzene rings is 1. The number of amides is 1. The first-order chi connectivity index (χ1) is 8.41. The molecule has 2 rings (SSSR count). The van der Waals surface area contributed by atoms with E-state index in [0.717, 1.165) is 12.5 Å². The summed E-state index contributed by atoms with van der Waals surface area (Å²) in [5.74, 6) is -1.17. The molecule has 1 heterocycles. The first kappa shape index (κ1) is 12.7. The zero-order valence-electron chi connectivity index (χ0n) is 10.8. The molecule has 0 aromatic heterocycles. The van der Waals surface area contributed by atoms with Crippen LogP contribution >= 0.6 is 0 Å². The predicted octanol–water partition coefficient (Wildman–Crippen LogP) is 2.71. The molecule has 1 aromatic rings. The predicted molar refractivity (Wildman–Crippen MR) is 67.3 cm³/mol. The highest BCUT2D eigenvalue weighted by Gasteiger charge is 2.37. The Morgan fingerprint density at radius 3 is 2.56 bits per heavy atom. The summed E-state index contributed by atoms with van der Waals surface area (Å²) in [6.45, 7) is 6.33. The zero-order valence-corrected chi connectivity index (χ0v) is 10.8. The number of halogens is 1. The Bertz CT molecular complexity index is 523. The molecule has 0 saturated heterocycles. The maximum absolute atomic E-state index is 13.3. The van der Waals surface area contributed by atoms with Crippen molar-refractivity contribution in [3.8, 4) is 0 Å². The number of rotatable bonds is 3. The van der Waals surface area contributed by atoms with Crippen molar-refractivity contribution < 1.29 is 14.0 Å². The van der Waals surface area contributed by atoms with Crippen LogP contribution in [-0.2, 0) is 4.79 Å². The third kappa shape index (κ3) is 2.03. The lowest BCUT2D eigenvalue weighted by molar-refractivity contribution is -0.114. The fourth-order valence-electron chi connectivity index (χ4n) is 2.21. The van der Waals surface area contributed by atoms with Gasteiger partial charge in [0.05, 0.1) is 11.3 Å². The number of anilines is 1. The maximum atomic E-state index is 13.3. The number of aryl methyl sites for hydroxylation is 1. The van der Waals surface area contributed by atoms with Crippen LogP contribution in [0.4, 0.5) is 10.1 Å². The molecule has 1 aromatic carbocycles. The average molecular weight is 249 g/mol. The lowest BCUT2D eigenvalue weighted by atomic mass is 10.1. The van der Waals surface area contributed by atoms with Gasteiger partial charge in [0, 0.05) is 6.54 Å². The highest BCUT2D eigenvalue weighted by molar-refractivity contribution is 6.52. The van der Waals surface area contributed by atoms with E-state index >= 15 is 0 Å². The lowest BCUT2D eigenvalue weighted by Crippen LogP contribution is -2.31. The van der Waals surface area contributed by atoms with E-state index in [0.29, 0.717) is 23.7 Å². The number of carbonyl (C=O) groups is 2. The molecule has 0 unspecified atom stereocenters. The second-order valence-corrected chi connectivity index (χ2v) is 5.09. The number of carbonyl (C=O) groups excluding carboxylic acids is 2. The third-order valence-corrected chi connectivity index (χ3v) is 3.15. The lowest BCUT2D eigenvalue weighted by Gasteiger charge is -2.19. The van der Waals surface area contributed by atoms with Gasteiger partial charge in [-0.05, 0) is 37.0 Å². The van der Waals surface area contributed by atoms with Crippen LogP contribution in [0.3, 0.4) is 0 Å². The number of hydrogen-bond donors (Lipinski definition) is 0. The van der Waals surface area contributed by atoms with Crippen LogP contribution in [-0.4, -0.2) is 18.2 Å².